The summed E-state index contributed by atoms with van der Waals surface area (Å²) < 4.78 is 4.49. The van der Waals surface area contributed by atoms with Gasteiger partial charge in [0.05, 0.1) is 13.5 Å². The van der Waals surface area contributed by atoms with Gasteiger partial charge in [0.15, 0.2) is 23.0 Å². The van der Waals surface area contributed by atoms with Crippen molar-refractivity contribution in [3.63, 3.8) is 0 Å². The monoisotopic (exact) mass is 373 g/mol. The molecule has 142 valence electrons. The van der Waals surface area contributed by atoms with Gasteiger partial charge in [0, 0.05) is 12.6 Å². The van der Waals surface area contributed by atoms with Crippen molar-refractivity contribution in [1.82, 2.24) is 5.32 Å². The Morgan fingerprint density at radius 3 is 1.89 bits per heavy atom. The van der Waals surface area contributed by atoms with E-state index >= 15 is 0 Å². The maximum Gasteiger partial charge on any atom is 0.307 e. The average Bonchev–Trinajstić information content (AvgIpc) is 2.64. The fraction of sp³-hybridized carbons (Fsp3) is 0.158. The molecule has 2 aromatic rings. The molecular formula is C19H19NO7. The lowest BCUT2D eigenvalue weighted by Crippen LogP contribution is -2.24. The zero-order valence-electron chi connectivity index (χ0n) is 14.5. The van der Waals surface area contributed by atoms with Gasteiger partial charge in [-0.05, 0) is 41.0 Å². The fourth-order valence-corrected chi connectivity index (χ4v) is 2.29. The first kappa shape index (κ1) is 19.6. The SMILES string of the molecule is COC(=O)CCNC(=O)C=C(c1ccc(O)c(O)c1)c1ccc(O)c(O)c1. The lowest BCUT2D eigenvalue weighted by molar-refractivity contribution is -0.140. The molecule has 0 aliphatic heterocycles. The molecule has 0 saturated heterocycles. The molecule has 0 atom stereocenters. The number of phenols is 4. The molecule has 2 aromatic carbocycles. The van der Waals surface area contributed by atoms with E-state index in [9.17, 15) is 30.0 Å². The van der Waals surface area contributed by atoms with E-state index in [4.69, 9.17) is 0 Å². The largest absolute Gasteiger partial charge is 0.504 e. The van der Waals surface area contributed by atoms with Crippen LogP contribution in [0.25, 0.3) is 5.57 Å². The quantitative estimate of drug-likeness (QED) is 0.295. The molecule has 0 aliphatic rings. The topological polar surface area (TPSA) is 136 Å². The summed E-state index contributed by atoms with van der Waals surface area (Å²) in [7, 11) is 1.25. The van der Waals surface area contributed by atoms with Gasteiger partial charge in [0.2, 0.25) is 5.91 Å². The molecule has 0 fully saturated rings. The second-order valence-corrected chi connectivity index (χ2v) is 5.58. The van der Waals surface area contributed by atoms with Crippen LogP contribution in [0.1, 0.15) is 17.5 Å². The Morgan fingerprint density at radius 2 is 1.44 bits per heavy atom. The van der Waals surface area contributed by atoms with E-state index in [1.807, 2.05) is 0 Å². The van der Waals surface area contributed by atoms with E-state index in [-0.39, 0.29) is 36.0 Å². The van der Waals surface area contributed by atoms with Crippen molar-refractivity contribution in [1.29, 1.82) is 0 Å². The minimum Gasteiger partial charge on any atom is -0.504 e. The van der Waals surface area contributed by atoms with Crippen LogP contribution in [0.4, 0.5) is 0 Å². The van der Waals surface area contributed by atoms with Gasteiger partial charge in [-0.3, -0.25) is 9.59 Å². The maximum absolute atomic E-state index is 12.2. The molecule has 2 rings (SSSR count). The summed E-state index contributed by atoms with van der Waals surface area (Å²) in [6, 6.07) is 7.99. The Morgan fingerprint density at radius 1 is 0.926 bits per heavy atom. The summed E-state index contributed by atoms with van der Waals surface area (Å²) in [5, 5.41) is 41.0. The Balaban J connectivity index is 2.36. The van der Waals surface area contributed by atoms with Crippen LogP contribution in [0.5, 0.6) is 23.0 Å². The molecule has 27 heavy (non-hydrogen) atoms. The summed E-state index contributed by atoms with van der Waals surface area (Å²) in [5.74, 6) is -2.40. The van der Waals surface area contributed by atoms with Crippen LogP contribution in [0.2, 0.25) is 0 Å². The number of aromatic hydroxyl groups is 4. The second kappa shape index (κ2) is 8.61. The number of rotatable bonds is 6. The Bertz CT molecular complexity index is 836. The van der Waals surface area contributed by atoms with Gasteiger partial charge in [-0.25, -0.2) is 0 Å². The first-order valence-corrected chi connectivity index (χ1v) is 7.93. The molecule has 0 unspecified atom stereocenters. The number of methoxy groups -OCH3 is 1. The first-order valence-electron chi connectivity index (χ1n) is 7.93. The molecule has 5 N–H and O–H groups in total. The number of ether oxygens (including phenoxy) is 1. The first-order chi connectivity index (χ1) is 12.8. The molecule has 0 spiro atoms. The summed E-state index contributed by atoms with van der Waals surface area (Å²) >= 11 is 0. The molecule has 0 aromatic heterocycles. The zero-order chi connectivity index (χ0) is 20.0. The van der Waals surface area contributed by atoms with Gasteiger partial charge < -0.3 is 30.5 Å². The van der Waals surface area contributed by atoms with Crippen LogP contribution < -0.4 is 5.32 Å². The minimum absolute atomic E-state index is 0.00537. The summed E-state index contributed by atoms with van der Waals surface area (Å²) in [5.41, 5.74) is 1.09. The molecular weight excluding hydrogens is 354 g/mol. The number of phenolic OH excluding ortho intramolecular Hbond substituents is 4. The second-order valence-electron chi connectivity index (χ2n) is 5.58. The summed E-state index contributed by atoms with van der Waals surface area (Å²) in [4.78, 5) is 23.3. The standard InChI is InChI=1S/C19H19NO7/c1-27-19(26)6-7-20-18(25)10-13(11-2-4-14(21)16(23)8-11)12-3-5-15(22)17(24)9-12/h2-5,8-10,21-24H,6-7H2,1H3,(H,20,25). The summed E-state index contributed by atoms with van der Waals surface area (Å²) in [6.45, 7) is 0.0664. The van der Waals surface area contributed by atoms with Crippen LogP contribution >= 0.6 is 0 Å². The van der Waals surface area contributed by atoms with Crippen molar-refractivity contribution in [2.24, 2.45) is 0 Å². The van der Waals surface area contributed by atoms with E-state index in [1.165, 1.54) is 49.6 Å². The van der Waals surface area contributed by atoms with Crippen molar-refractivity contribution in [2.75, 3.05) is 13.7 Å². The molecule has 8 heteroatoms. The van der Waals surface area contributed by atoms with Crippen molar-refractivity contribution >= 4 is 17.4 Å². The zero-order valence-corrected chi connectivity index (χ0v) is 14.5. The van der Waals surface area contributed by atoms with E-state index < -0.39 is 11.9 Å². The molecule has 0 heterocycles. The van der Waals surface area contributed by atoms with E-state index in [0.717, 1.165) is 0 Å². The van der Waals surface area contributed by atoms with Gasteiger partial charge in [0.1, 0.15) is 0 Å². The molecule has 8 nitrogen and oxygen atoms in total. The lowest BCUT2D eigenvalue weighted by Gasteiger charge is -2.11. The highest BCUT2D eigenvalue weighted by Crippen LogP contribution is 2.34. The number of nitrogens with one attached hydrogen (secondary N) is 1. The maximum atomic E-state index is 12.2. The number of carbonyl (C=O) groups excluding carboxylic acids is 2. The average molecular weight is 373 g/mol. The van der Waals surface area contributed by atoms with Crippen molar-refractivity contribution in [3.8, 4) is 23.0 Å². The minimum atomic E-state index is -0.519. The number of benzene rings is 2. The van der Waals surface area contributed by atoms with Crippen LogP contribution in [-0.2, 0) is 14.3 Å². The van der Waals surface area contributed by atoms with E-state index in [0.29, 0.717) is 16.7 Å². The molecule has 0 radical (unpaired) electrons. The number of hydrogen-bond donors (Lipinski definition) is 5. The Hall–Kier alpha value is -3.68. The van der Waals surface area contributed by atoms with E-state index in [2.05, 4.69) is 10.1 Å². The van der Waals surface area contributed by atoms with Gasteiger partial charge >= 0.3 is 5.97 Å². The lowest BCUT2D eigenvalue weighted by atomic mass is 9.96. The number of carbonyl (C=O) groups is 2. The van der Waals surface area contributed by atoms with Crippen LogP contribution in [0, 0.1) is 0 Å². The van der Waals surface area contributed by atoms with Gasteiger partial charge in [0.25, 0.3) is 0 Å². The number of hydrogen-bond acceptors (Lipinski definition) is 7. The van der Waals surface area contributed by atoms with Crippen LogP contribution in [-0.4, -0.2) is 46.0 Å². The third-order valence-corrected chi connectivity index (χ3v) is 3.70. The number of esters is 1. The van der Waals surface area contributed by atoms with Crippen LogP contribution in [0.15, 0.2) is 42.5 Å². The molecule has 0 saturated carbocycles. The van der Waals surface area contributed by atoms with Crippen LogP contribution in [0.3, 0.4) is 0 Å². The Kier molecular flexibility index (Phi) is 6.27. The highest BCUT2D eigenvalue weighted by atomic mass is 16.5. The van der Waals surface area contributed by atoms with Crippen molar-refractivity contribution < 1.29 is 34.8 Å². The number of amides is 1. The molecule has 1 amide bonds. The van der Waals surface area contributed by atoms with Gasteiger partial charge in [-0.15, -0.1) is 0 Å². The fourth-order valence-electron chi connectivity index (χ4n) is 2.29. The van der Waals surface area contributed by atoms with Crippen molar-refractivity contribution in [3.05, 3.63) is 53.6 Å². The van der Waals surface area contributed by atoms with Crippen molar-refractivity contribution in [2.45, 2.75) is 6.42 Å². The van der Waals surface area contributed by atoms with Gasteiger partial charge in [-0.2, -0.15) is 0 Å². The third kappa shape index (κ3) is 5.15. The third-order valence-electron chi connectivity index (χ3n) is 3.70. The highest BCUT2D eigenvalue weighted by Gasteiger charge is 2.13. The van der Waals surface area contributed by atoms with Gasteiger partial charge in [-0.1, -0.05) is 12.1 Å². The molecule has 0 bridgehead atoms. The molecule has 0 aliphatic carbocycles. The van der Waals surface area contributed by atoms with E-state index in [1.54, 1.807) is 0 Å². The predicted octanol–water partition coefficient (Wildman–Crippen LogP) is 1.62. The predicted molar refractivity (Wildman–Crippen MR) is 96.3 cm³/mol. The highest BCUT2D eigenvalue weighted by molar-refractivity contribution is 5.99. The smallest absolute Gasteiger partial charge is 0.307 e. The Labute approximate surface area is 155 Å². The normalized spacial score (nSPS) is 10.1. The summed E-state index contributed by atoms with van der Waals surface area (Å²) in [6.07, 6.45) is 1.22.